The summed E-state index contributed by atoms with van der Waals surface area (Å²) in [6.45, 7) is 0.640. The summed E-state index contributed by atoms with van der Waals surface area (Å²) in [7, 11) is 0. The highest BCUT2D eigenvalue weighted by molar-refractivity contribution is 6.35. The minimum absolute atomic E-state index is 0.0644. The number of nitrogen functional groups attached to an aromatic ring is 1. The van der Waals surface area contributed by atoms with Crippen molar-refractivity contribution in [1.82, 2.24) is 9.55 Å². The van der Waals surface area contributed by atoms with Crippen LogP contribution < -0.4 is 10.5 Å². The standard InChI is InChI=1S/C20H18Cl2N4O5/c21-13-1-3-16(17(22)7-13)20(11-25-6-5-24-12-25)30-10-15(31-20)9-29-14-2-4-18(23)19(8-14)26(27)28/h1-8,12,15H,9-11,23H2/t15-,20-/m1/s1. The van der Waals surface area contributed by atoms with Crippen molar-refractivity contribution >= 4 is 34.6 Å². The van der Waals surface area contributed by atoms with E-state index in [1.165, 1.54) is 12.1 Å². The summed E-state index contributed by atoms with van der Waals surface area (Å²) < 4.78 is 19.9. The fourth-order valence-electron chi connectivity index (χ4n) is 3.34. The lowest BCUT2D eigenvalue weighted by Gasteiger charge is -2.30. The normalized spacial score (nSPS) is 20.6. The van der Waals surface area contributed by atoms with Gasteiger partial charge in [-0.15, -0.1) is 0 Å². The Kier molecular flexibility index (Phi) is 6.01. The first-order chi connectivity index (χ1) is 14.9. The molecule has 0 saturated carbocycles. The molecule has 0 aliphatic carbocycles. The fourth-order valence-corrected chi connectivity index (χ4v) is 3.89. The lowest BCUT2D eigenvalue weighted by molar-refractivity contribution is -0.384. The Labute approximate surface area is 187 Å². The second-order valence-electron chi connectivity index (χ2n) is 6.95. The second-order valence-corrected chi connectivity index (χ2v) is 7.80. The molecule has 3 aromatic rings. The van der Waals surface area contributed by atoms with Crippen molar-refractivity contribution in [2.75, 3.05) is 18.9 Å². The Morgan fingerprint density at radius 2 is 2.16 bits per heavy atom. The van der Waals surface area contributed by atoms with Gasteiger partial charge in [-0.2, -0.15) is 0 Å². The lowest BCUT2D eigenvalue weighted by atomic mass is 10.1. The third-order valence-corrected chi connectivity index (χ3v) is 5.33. The Morgan fingerprint density at radius 3 is 2.87 bits per heavy atom. The van der Waals surface area contributed by atoms with Crippen LogP contribution in [-0.4, -0.2) is 33.8 Å². The highest BCUT2D eigenvalue weighted by Crippen LogP contribution is 2.40. The van der Waals surface area contributed by atoms with E-state index >= 15 is 0 Å². The Balaban J connectivity index is 1.53. The lowest BCUT2D eigenvalue weighted by Crippen LogP contribution is -2.34. The van der Waals surface area contributed by atoms with Crippen LogP contribution in [0.5, 0.6) is 5.75 Å². The second kappa shape index (κ2) is 8.72. The smallest absolute Gasteiger partial charge is 0.295 e. The maximum Gasteiger partial charge on any atom is 0.295 e. The molecule has 0 bridgehead atoms. The number of nitro groups is 1. The van der Waals surface area contributed by atoms with Crippen LogP contribution in [0.1, 0.15) is 5.56 Å². The molecule has 31 heavy (non-hydrogen) atoms. The minimum atomic E-state index is -1.18. The van der Waals surface area contributed by atoms with Gasteiger partial charge in [0, 0.05) is 23.0 Å². The molecule has 0 radical (unpaired) electrons. The Hall–Kier alpha value is -2.85. The zero-order valence-corrected chi connectivity index (χ0v) is 17.6. The third-order valence-electron chi connectivity index (χ3n) is 4.79. The quantitative estimate of drug-likeness (QED) is 0.318. The molecule has 11 heteroatoms. The maximum absolute atomic E-state index is 11.1. The summed E-state index contributed by atoms with van der Waals surface area (Å²) >= 11 is 12.5. The van der Waals surface area contributed by atoms with Crippen LogP contribution in [0.15, 0.2) is 55.1 Å². The first kappa shape index (κ1) is 21.4. The number of benzene rings is 2. The number of imidazole rings is 1. The molecule has 1 aliphatic heterocycles. The van der Waals surface area contributed by atoms with Crippen molar-refractivity contribution in [3.8, 4) is 5.75 Å². The van der Waals surface area contributed by atoms with E-state index in [2.05, 4.69) is 4.98 Å². The van der Waals surface area contributed by atoms with Crippen LogP contribution in [0.3, 0.4) is 0 Å². The van der Waals surface area contributed by atoms with Gasteiger partial charge in [0.25, 0.3) is 5.69 Å². The van der Waals surface area contributed by atoms with Crippen LogP contribution in [0.25, 0.3) is 0 Å². The number of aromatic nitrogens is 2. The summed E-state index contributed by atoms with van der Waals surface area (Å²) in [5.74, 6) is -0.870. The number of anilines is 1. The van der Waals surface area contributed by atoms with Crippen LogP contribution in [0.4, 0.5) is 11.4 Å². The van der Waals surface area contributed by atoms with Gasteiger partial charge in [-0.25, -0.2) is 4.98 Å². The van der Waals surface area contributed by atoms with Crippen LogP contribution >= 0.6 is 23.2 Å². The number of nitro benzene ring substituents is 1. The summed E-state index contributed by atoms with van der Waals surface area (Å²) in [5, 5.41) is 12.0. The summed E-state index contributed by atoms with van der Waals surface area (Å²) in [6.07, 6.45) is 4.64. The zero-order valence-electron chi connectivity index (χ0n) is 16.1. The largest absolute Gasteiger partial charge is 0.491 e. The summed E-state index contributed by atoms with van der Waals surface area (Å²) in [5.41, 5.74) is 6.10. The van der Waals surface area contributed by atoms with Crippen molar-refractivity contribution in [3.05, 3.63) is 80.8 Å². The van der Waals surface area contributed by atoms with Gasteiger partial charge in [0.2, 0.25) is 5.79 Å². The molecule has 1 aliphatic rings. The molecule has 4 rings (SSSR count). The third kappa shape index (κ3) is 4.59. The molecule has 2 N–H and O–H groups in total. The molecule has 1 aromatic heterocycles. The van der Waals surface area contributed by atoms with Gasteiger partial charge in [-0.05, 0) is 24.3 Å². The van der Waals surface area contributed by atoms with Crippen molar-refractivity contribution in [1.29, 1.82) is 0 Å². The molecule has 2 atom stereocenters. The van der Waals surface area contributed by atoms with Crippen LogP contribution in [-0.2, 0) is 21.8 Å². The van der Waals surface area contributed by atoms with Gasteiger partial charge in [-0.1, -0.05) is 29.3 Å². The monoisotopic (exact) mass is 464 g/mol. The average Bonchev–Trinajstić information content (AvgIpc) is 3.38. The molecule has 9 nitrogen and oxygen atoms in total. The van der Waals surface area contributed by atoms with Crippen molar-refractivity contribution < 1.29 is 19.1 Å². The minimum Gasteiger partial charge on any atom is -0.491 e. The average molecular weight is 465 g/mol. The SMILES string of the molecule is Nc1ccc(OC[C@@H]2CO[C@@](Cn3ccnc3)(c3ccc(Cl)cc3Cl)O2)cc1[N+](=O)[O-]. The van der Waals surface area contributed by atoms with Gasteiger partial charge >= 0.3 is 0 Å². The maximum atomic E-state index is 11.1. The predicted molar refractivity (Wildman–Crippen MR) is 114 cm³/mol. The van der Waals surface area contributed by atoms with E-state index < -0.39 is 16.8 Å². The number of nitrogens with two attached hydrogens (primary N) is 1. The molecule has 162 valence electrons. The Bertz CT molecular complexity index is 1100. The first-order valence-electron chi connectivity index (χ1n) is 9.26. The molecule has 0 unspecified atom stereocenters. The summed E-state index contributed by atoms with van der Waals surface area (Å²) in [6, 6.07) is 9.36. The first-order valence-corrected chi connectivity index (χ1v) is 10.0. The van der Waals surface area contributed by atoms with E-state index in [9.17, 15) is 10.1 Å². The fraction of sp³-hybridized carbons (Fsp3) is 0.250. The predicted octanol–water partition coefficient (Wildman–Crippen LogP) is 4.03. The molecule has 2 heterocycles. The van der Waals surface area contributed by atoms with Gasteiger partial charge in [0.15, 0.2) is 0 Å². The van der Waals surface area contributed by atoms with Crippen molar-refractivity contribution in [2.45, 2.75) is 18.4 Å². The van der Waals surface area contributed by atoms with Crippen LogP contribution in [0, 0.1) is 10.1 Å². The van der Waals surface area contributed by atoms with E-state index in [1.54, 1.807) is 43.0 Å². The molecular weight excluding hydrogens is 447 g/mol. The van der Waals surface area contributed by atoms with Gasteiger partial charge in [-0.3, -0.25) is 10.1 Å². The molecule has 0 spiro atoms. The number of hydrogen-bond acceptors (Lipinski definition) is 7. The highest BCUT2D eigenvalue weighted by Gasteiger charge is 2.45. The van der Waals surface area contributed by atoms with E-state index in [-0.39, 0.29) is 24.6 Å². The molecule has 0 amide bonds. The van der Waals surface area contributed by atoms with Gasteiger partial charge < -0.3 is 24.5 Å². The van der Waals surface area contributed by atoms with Crippen molar-refractivity contribution in [3.63, 3.8) is 0 Å². The number of nitrogens with zero attached hydrogens (tertiary/aromatic N) is 3. The van der Waals surface area contributed by atoms with E-state index in [4.69, 9.17) is 43.1 Å². The molecule has 1 saturated heterocycles. The van der Waals surface area contributed by atoms with Crippen LogP contribution in [0.2, 0.25) is 10.0 Å². The summed E-state index contributed by atoms with van der Waals surface area (Å²) in [4.78, 5) is 14.6. The van der Waals surface area contributed by atoms with Gasteiger partial charge in [0.1, 0.15) is 24.1 Å². The number of halogens is 2. The molecule has 1 fully saturated rings. The van der Waals surface area contributed by atoms with Crippen molar-refractivity contribution in [2.24, 2.45) is 0 Å². The topological polar surface area (TPSA) is 115 Å². The van der Waals surface area contributed by atoms with E-state index in [0.717, 1.165) is 0 Å². The molecular formula is C20H18Cl2N4O5. The number of hydrogen-bond donors (Lipinski definition) is 1. The number of ether oxygens (including phenoxy) is 3. The van der Waals surface area contributed by atoms with Gasteiger partial charge in [0.05, 0.1) is 35.5 Å². The number of rotatable bonds is 7. The van der Waals surface area contributed by atoms with E-state index in [0.29, 0.717) is 27.9 Å². The van der Waals surface area contributed by atoms with E-state index in [1.807, 2.05) is 4.57 Å². The zero-order chi connectivity index (χ0) is 22.0. The molecule has 2 aromatic carbocycles. The highest BCUT2D eigenvalue weighted by atomic mass is 35.5. The Morgan fingerprint density at radius 1 is 1.32 bits per heavy atom.